The summed E-state index contributed by atoms with van der Waals surface area (Å²) in [7, 11) is 0. The summed E-state index contributed by atoms with van der Waals surface area (Å²) in [5.41, 5.74) is -0.450. The number of rotatable bonds is 1. The third kappa shape index (κ3) is 4.43. The molecule has 0 aromatic carbocycles. The first kappa shape index (κ1) is 18.6. The van der Waals surface area contributed by atoms with Gasteiger partial charge in [-0.3, -0.25) is 9.88 Å². The molecular weight excluding hydrogens is 347 g/mol. The Morgan fingerprint density at radius 3 is 2.54 bits per heavy atom. The first-order valence-corrected chi connectivity index (χ1v) is 7.77. The number of aromatic nitrogens is 1. The summed E-state index contributed by atoms with van der Waals surface area (Å²) in [5, 5.41) is 0.316. The highest BCUT2D eigenvalue weighted by Gasteiger charge is 2.49. The highest BCUT2D eigenvalue weighted by atomic mass is 35.5. The lowest BCUT2D eigenvalue weighted by atomic mass is 10.1. The van der Waals surface area contributed by atoms with Gasteiger partial charge >= 0.3 is 12.3 Å². The van der Waals surface area contributed by atoms with E-state index in [9.17, 15) is 18.0 Å². The van der Waals surface area contributed by atoms with Crippen LogP contribution in [0, 0.1) is 0 Å². The van der Waals surface area contributed by atoms with Crippen molar-refractivity contribution in [3.8, 4) is 0 Å². The van der Waals surface area contributed by atoms with Crippen LogP contribution in [0.4, 0.5) is 23.7 Å². The lowest BCUT2D eigenvalue weighted by Gasteiger charge is -2.43. The molecule has 0 bridgehead atoms. The topological polar surface area (TPSA) is 45.7 Å². The normalized spacial score (nSPS) is 19.4. The lowest BCUT2D eigenvalue weighted by Crippen LogP contribution is -2.61. The Kier molecular flexibility index (Phi) is 5.17. The van der Waals surface area contributed by atoms with Gasteiger partial charge in [0.1, 0.15) is 11.6 Å². The second-order valence-corrected chi connectivity index (χ2v) is 6.91. The van der Waals surface area contributed by atoms with Gasteiger partial charge in [-0.25, -0.2) is 4.79 Å². The van der Waals surface area contributed by atoms with Crippen LogP contribution in [0.5, 0.6) is 0 Å². The molecule has 1 amide bonds. The molecule has 1 aliphatic heterocycles. The highest BCUT2D eigenvalue weighted by Crippen LogP contribution is 2.33. The number of carbonyl (C=O) groups is 1. The van der Waals surface area contributed by atoms with Crippen molar-refractivity contribution in [2.75, 3.05) is 24.5 Å². The largest absolute Gasteiger partial charge is 0.444 e. The Bertz CT molecular complexity index is 604. The van der Waals surface area contributed by atoms with E-state index in [-0.39, 0.29) is 13.1 Å². The van der Waals surface area contributed by atoms with Crippen LogP contribution in [0.25, 0.3) is 0 Å². The number of halogens is 4. The first-order chi connectivity index (χ1) is 11.0. The van der Waals surface area contributed by atoms with E-state index in [1.165, 1.54) is 23.4 Å². The Labute approximate surface area is 143 Å². The smallest absolute Gasteiger partial charge is 0.410 e. The Hall–Kier alpha value is -1.70. The molecule has 2 rings (SSSR count). The van der Waals surface area contributed by atoms with E-state index in [4.69, 9.17) is 16.3 Å². The third-order valence-electron chi connectivity index (χ3n) is 3.48. The molecule has 0 spiro atoms. The van der Waals surface area contributed by atoms with Crippen LogP contribution in [0.1, 0.15) is 20.8 Å². The summed E-state index contributed by atoms with van der Waals surface area (Å²) in [4.78, 5) is 18.2. The number of nitrogens with zero attached hydrogens (tertiary/aromatic N) is 3. The van der Waals surface area contributed by atoms with E-state index < -0.39 is 30.5 Å². The monoisotopic (exact) mass is 365 g/mol. The molecule has 1 aromatic rings. The molecule has 24 heavy (non-hydrogen) atoms. The molecule has 1 fully saturated rings. The van der Waals surface area contributed by atoms with Crippen molar-refractivity contribution in [2.45, 2.75) is 38.6 Å². The Morgan fingerprint density at radius 1 is 1.33 bits per heavy atom. The molecule has 5 nitrogen and oxygen atoms in total. The van der Waals surface area contributed by atoms with Gasteiger partial charge in [-0.2, -0.15) is 13.2 Å². The molecular formula is C15H19ClF3N3O2. The summed E-state index contributed by atoms with van der Waals surface area (Å²) < 4.78 is 45.4. The number of amides is 1. The third-order valence-corrected chi connectivity index (χ3v) is 3.79. The molecule has 0 saturated carbocycles. The van der Waals surface area contributed by atoms with Crippen molar-refractivity contribution < 1.29 is 22.7 Å². The number of anilines is 1. The van der Waals surface area contributed by atoms with Crippen LogP contribution in [-0.4, -0.2) is 53.4 Å². The predicted octanol–water partition coefficient (Wildman–Crippen LogP) is 3.72. The minimum Gasteiger partial charge on any atom is -0.444 e. The molecule has 1 unspecified atom stereocenters. The number of hydrogen-bond acceptors (Lipinski definition) is 4. The van der Waals surface area contributed by atoms with E-state index >= 15 is 0 Å². The van der Waals surface area contributed by atoms with Crippen molar-refractivity contribution in [3.05, 3.63) is 23.5 Å². The second-order valence-electron chi connectivity index (χ2n) is 6.50. The fourth-order valence-electron chi connectivity index (χ4n) is 2.42. The predicted molar refractivity (Wildman–Crippen MR) is 84.2 cm³/mol. The quantitative estimate of drug-likeness (QED) is 0.761. The molecule has 1 aliphatic rings. The number of pyridine rings is 1. The fourth-order valence-corrected chi connectivity index (χ4v) is 2.65. The van der Waals surface area contributed by atoms with Gasteiger partial charge in [0.05, 0.1) is 16.9 Å². The van der Waals surface area contributed by atoms with Gasteiger partial charge in [0.15, 0.2) is 0 Å². The van der Waals surface area contributed by atoms with Crippen LogP contribution < -0.4 is 4.90 Å². The van der Waals surface area contributed by atoms with E-state index in [0.29, 0.717) is 10.7 Å². The molecule has 1 atom stereocenters. The lowest BCUT2D eigenvalue weighted by molar-refractivity contribution is -0.181. The van der Waals surface area contributed by atoms with E-state index in [1.54, 1.807) is 20.8 Å². The molecule has 9 heteroatoms. The zero-order valence-electron chi connectivity index (χ0n) is 13.6. The first-order valence-electron chi connectivity index (χ1n) is 7.40. The maximum atomic E-state index is 13.4. The van der Waals surface area contributed by atoms with Crippen molar-refractivity contribution in [1.29, 1.82) is 0 Å². The minimum absolute atomic E-state index is 0.121. The molecule has 1 aromatic heterocycles. The SMILES string of the molecule is CC(C)(C)OC(=O)N1CCN(c2cnccc2Cl)CC1C(F)(F)F. The number of piperazine rings is 1. The maximum Gasteiger partial charge on any atom is 0.410 e. The standard InChI is InChI=1S/C15H19ClF3N3O2/c1-14(2,3)24-13(23)22-7-6-21(9-12(22)15(17,18)19)11-8-20-5-4-10(11)16/h4-5,8,12H,6-7,9H2,1-3H3. The summed E-state index contributed by atoms with van der Waals surface area (Å²) in [6.07, 6.45) is -2.67. The molecule has 0 radical (unpaired) electrons. The van der Waals surface area contributed by atoms with E-state index in [2.05, 4.69) is 4.98 Å². The molecule has 2 heterocycles. The number of alkyl halides is 3. The summed E-state index contributed by atoms with van der Waals surface area (Å²) in [5.74, 6) is 0. The van der Waals surface area contributed by atoms with Gasteiger partial charge in [-0.15, -0.1) is 0 Å². The van der Waals surface area contributed by atoms with Gasteiger partial charge in [-0.1, -0.05) is 11.6 Å². The van der Waals surface area contributed by atoms with Crippen LogP contribution in [0.3, 0.4) is 0 Å². The van der Waals surface area contributed by atoms with Crippen LogP contribution in [0.15, 0.2) is 18.5 Å². The maximum absolute atomic E-state index is 13.4. The zero-order valence-corrected chi connectivity index (χ0v) is 14.4. The van der Waals surface area contributed by atoms with Crippen LogP contribution in [0.2, 0.25) is 5.02 Å². The van der Waals surface area contributed by atoms with Gasteiger partial charge in [0.25, 0.3) is 0 Å². The summed E-state index contributed by atoms with van der Waals surface area (Å²) in [6.45, 7) is 4.49. The average Bonchev–Trinajstić information content (AvgIpc) is 2.44. The number of hydrogen-bond donors (Lipinski definition) is 0. The number of ether oxygens (including phenoxy) is 1. The highest BCUT2D eigenvalue weighted by molar-refractivity contribution is 6.33. The fraction of sp³-hybridized carbons (Fsp3) is 0.600. The Balaban J connectivity index is 2.22. The Morgan fingerprint density at radius 2 is 2.00 bits per heavy atom. The number of carbonyl (C=O) groups excluding carboxylic acids is 1. The second kappa shape index (κ2) is 6.66. The van der Waals surface area contributed by atoms with Crippen molar-refractivity contribution in [3.63, 3.8) is 0 Å². The van der Waals surface area contributed by atoms with Crippen molar-refractivity contribution in [1.82, 2.24) is 9.88 Å². The van der Waals surface area contributed by atoms with Gasteiger partial charge in [0.2, 0.25) is 0 Å². The zero-order chi connectivity index (χ0) is 18.1. The van der Waals surface area contributed by atoms with E-state index in [0.717, 1.165) is 4.90 Å². The summed E-state index contributed by atoms with van der Waals surface area (Å²) >= 11 is 6.04. The average molecular weight is 366 g/mol. The molecule has 1 saturated heterocycles. The van der Waals surface area contributed by atoms with Crippen LogP contribution in [-0.2, 0) is 4.74 Å². The molecule has 0 N–H and O–H groups in total. The molecule has 134 valence electrons. The minimum atomic E-state index is -4.58. The van der Waals surface area contributed by atoms with Crippen molar-refractivity contribution in [2.24, 2.45) is 0 Å². The van der Waals surface area contributed by atoms with Crippen molar-refractivity contribution >= 4 is 23.4 Å². The summed E-state index contributed by atoms with van der Waals surface area (Å²) in [6, 6.07) is -0.461. The van der Waals surface area contributed by atoms with Gasteiger partial charge in [0, 0.05) is 25.8 Å². The van der Waals surface area contributed by atoms with Gasteiger partial charge < -0.3 is 9.64 Å². The molecule has 0 aliphatic carbocycles. The van der Waals surface area contributed by atoms with Gasteiger partial charge in [-0.05, 0) is 26.8 Å². The van der Waals surface area contributed by atoms with Crippen LogP contribution >= 0.6 is 11.6 Å². The van der Waals surface area contributed by atoms with E-state index in [1.807, 2.05) is 0 Å².